The van der Waals surface area contributed by atoms with Gasteiger partial charge in [0.15, 0.2) is 0 Å². The van der Waals surface area contributed by atoms with E-state index in [2.05, 4.69) is 37.9 Å². The molecule has 1 aliphatic heterocycles. The lowest BCUT2D eigenvalue weighted by atomic mass is 9.74. The fourth-order valence-corrected chi connectivity index (χ4v) is 5.04. The number of carbonyl (C=O) groups excluding carboxylic acids is 2. The van der Waals surface area contributed by atoms with E-state index >= 15 is 0 Å². The lowest BCUT2D eigenvalue weighted by Crippen LogP contribution is -2.67. The van der Waals surface area contributed by atoms with Crippen LogP contribution in [0.15, 0.2) is 0 Å². The number of nitrogens with two attached hydrogens (primary N) is 1. The SMILES string of the molecule is CC1(C)CC(NC(=O)C(=O)NN)CC(C)(C)N1C1CCCCC1. The topological polar surface area (TPSA) is 87.5 Å². The number of nitrogens with zero attached hydrogens (tertiary/aromatic N) is 1. The van der Waals surface area contributed by atoms with Gasteiger partial charge in [0, 0.05) is 23.2 Å². The second-order valence-electron chi connectivity index (χ2n) is 8.34. The minimum atomic E-state index is -0.782. The molecule has 6 nitrogen and oxygen atoms in total. The average molecular weight is 324 g/mol. The number of carbonyl (C=O) groups is 2. The van der Waals surface area contributed by atoms with Crippen LogP contribution in [0.25, 0.3) is 0 Å². The van der Waals surface area contributed by atoms with E-state index in [0.717, 1.165) is 12.8 Å². The Bertz CT molecular complexity index is 438. The lowest BCUT2D eigenvalue weighted by molar-refractivity contribution is -0.141. The van der Waals surface area contributed by atoms with Gasteiger partial charge in [-0.15, -0.1) is 0 Å². The van der Waals surface area contributed by atoms with Crippen LogP contribution in [0.2, 0.25) is 0 Å². The minimum absolute atomic E-state index is 0.00959. The van der Waals surface area contributed by atoms with Crippen LogP contribution < -0.4 is 16.6 Å². The van der Waals surface area contributed by atoms with E-state index in [9.17, 15) is 9.59 Å². The monoisotopic (exact) mass is 324 g/mol. The predicted octanol–water partition coefficient (Wildman–Crippen LogP) is 1.45. The molecule has 0 aromatic heterocycles. The zero-order valence-corrected chi connectivity index (χ0v) is 14.9. The Kier molecular flexibility index (Phi) is 5.36. The first-order valence-corrected chi connectivity index (χ1v) is 8.78. The van der Waals surface area contributed by atoms with Crippen molar-refractivity contribution in [2.45, 2.75) is 95.8 Å². The van der Waals surface area contributed by atoms with Gasteiger partial charge in [0.25, 0.3) is 0 Å². The van der Waals surface area contributed by atoms with Gasteiger partial charge >= 0.3 is 11.8 Å². The van der Waals surface area contributed by atoms with Crippen LogP contribution in [0, 0.1) is 0 Å². The van der Waals surface area contributed by atoms with Crippen LogP contribution in [0.3, 0.4) is 0 Å². The van der Waals surface area contributed by atoms with Crippen molar-refractivity contribution in [2.24, 2.45) is 5.84 Å². The molecule has 0 radical (unpaired) electrons. The molecular weight excluding hydrogens is 292 g/mol. The number of nitrogens with one attached hydrogen (secondary N) is 2. The molecule has 0 spiro atoms. The molecule has 2 amide bonds. The Labute approximate surface area is 139 Å². The molecule has 1 aliphatic carbocycles. The van der Waals surface area contributed by atoms with Crippen molar-refractivity contribution in [1.29, 1.82) is 0 Å². The highest BCUT2D eigenvalue weighted by Gasteiger charge is 2.48. The summed E-state index contributed by atoms with van der Waals surface area (Å²) in [6.45, 7) is 9.02. The van der Waals surface area contributed by atoms with Crippen LogP contribution in [-0.4, -0.2) is 39.9 Å². The van der Waals surface area contributed by atoms with Gasteiger partial charge in [-0.3, -0.25) is 19.9 Å². The van der Waals surface area contributed by atoms with Gasteiger partial charge in [0.1, 0.15) is 0 Å². The number of amides is 2. The predicted molar refractivity (Wildman–Crippen MR) is 90.4 cm³/mol. The van der Waals surface area contributed by atoms with Gasteiger partial charge in [-0.25, -0.2) is 5.84 Å². The normalized spacial score (nSPS) is 25.8. The highest BCUT2D eigenvalue weighted by Crippen LogP contribution is 2.43. The molecule has 4 N–H and O–H groups in total. The molecule has 132 valence electrons. The zero-order chi connectivity index (χ0) is 17.3. The van der Waals surface area contributed by atoms with E-state index < -0.39 is 11.8 Å². The molecule has 2 rings (SSSR count). The van der Waals surface area contributed by atoms with E-state index in [1.165, 1.54) is 32.1 Å². The summed E-state index contributed by atoms with van der Waals surface area (Å²) in [5.41, 5.74) is 1.87. The van der Waals surface area contributed by atoms with Gasteiger partial charge in [-0.2, -0.15) is 0 Å². The van der Waals surface area contributed by atoms with E-state index in [4.69, 9.17) is 5.84 Å². The highest BCUT2D eigenvalue weighted by atomic mass is 16.2. The van der Waals surface area contributed by atoms with Crippen molar-refractivity contribution in [3.05, 3.63) is 0 Å². The smallest absolute Gasteiger partial charge is 0.323 e. The van der Waals surface area contributed by atoms with Crippen molar-refractivity contribution in [3.8, 4) is 0 Å². The minimum Gasteiger partial charge on any atom is -0.345 e. The maximum Gasteiger partial charge on any atom is 0.323 e. The maximum absolute atomic E-state index is 11.8. The number of hydrogen-bond donors (Lipinski definition) is 3. The number of rotatable bonds is 2. The quantitative estimate of drug-likeness (QED) is 0.310. The Morgan fingerprint density at radius 2 is 1.48 bits per heavy atom. The molecule has 0 atom stereocenters. The molecule has 0 aromatic rings. The molecule has 2 fully saturated rings. The van der Waals surface area contributed by atoms with Crippen LogP contribution >= 0.6 is 0 Å². The summed E-state index contributed by atoms with van der Waals surface area (Å²) in [7, 11) is 0. The second kappa shape index (κ2) is 6.77. The molecule has 0 aromatic carbocycles. The maximum atomic E-state index is 11.8. The fourth-order valence-electron chi connectivity index (χ4n) is 5.04. The van der Waals surface area contributed by atoms with E-state index in [1.807, 2.05) is 5.43 Å². The Morgan fingerprint density at radius 1 is 0.957 bits per heavy atom. The number of hydrogen-bond acceptors (Lipinski definition) is 4. The molecule has 0 bridgehead atoms. The molecule has 6 heteroatoms. The Balaban J connectivity index is 2.12. The molecule has 23 heavy (non-hydrogen) atoms. The third-order valence-corrected chi connectivity index (χ3v) is 5.41. The van der Waals surface area contributed by atoms with Gasteiger partial charge in [0.05, 0.1) is 0 Å². The molecular formula is C17H32N4O2. The van der Waals surface area contributed by atoms with Crippen LogP contribution in [0.5, 0.6) is 0 Å². The van der Waals surface area contributed by atoms with Gasteiger partial charge < -0.3 is 5.32 Å². The number of hydrazine groups is 1. The summed E-state index contributed by atoms with van der Waals surface area (Å²) < 4.78 is 0. The first-order chi connectivity index (χ1) is 10.7. The molecule has 2 aliphatic rings. The summed E-state index contributed by atoms with van der Waals surface area (Å²) >= 11 is 0. The summed E-state index contributed by atoms with van der Waals surface area (Å²) in [5, 5.41) is 2.85. The summed E-state index contributed by atoms with van der Waals surface area (Å²) in [6.07, 6.45) is 8.18. The number of likely N-dealkylation sites (tertiary alicyclic amines) is 1. The summed E-state index contributed by atoms with van der Waals surface area (Å²) in [5.74, 6) is 3.61. The first kappa shape index (κ1) is 18.2. The molecule has 0 unspecified atom stereocenters. The third-order valence-electron chi connectivity index (χ3n) is 5.41. The van der Waals surface area contributed by atoms with Crippen molar-refractivity contribution in [3.63, 3.8) is 0 Å². The average Bonchev–Trinajstić information content (AvgIpc) is 2.44. The van der Waals surface area contributed by atoms with Gasteiger partial charge in [0.2, 0.25) is 0 Å². The molecule has 1 saturated carbocycles. The first-order valence-electron chi connectivity index (χ1n) is 8.78. The Morgan fingerprint density at radius 3 is 1.96 bits per heavy atom. The Hall–Kier alpha value is -1.14. The second-order valence-corrected chi connectivity index (χ2v) is 8.34. The van der Waals surface area contributed by atoms with Crippen molar-refractivity contribution >= 4 is 11.8 Å². The third kappa shape index (κ3) is 4.04. The van der Waals surface area contributed by atoms with Crippen molar-refractivity contribution in [1.82, 2.24) is 15.6 Å². The van der Waals surface area contributed by atoms with Crippen LogP contribution in [0.1, 0.15) is 72.6 Å². The largest absolute Gasteiger partial charge is 0.345 e. The van der Waals surface area contributed by atoms with Gasteiger partial charge in [-0.05, 0) is 53.4 Å². The zero-order valence-electron chi connectivity index (χ0n) is 14.9. The lowest BCUT2D eigenvalue weighted by Gasteiger charge is -2.59. The van der Waals surface area contributed by atoms with E-state index in [1.54, 1.807) is 0 Å². The molecule has 1 saturated heterocycles. The fraction of sp³-hybridized carbons (Fsp3) is 0.882. The van der Waals surface area contributed by atoms with E-state index in [0.29, 0.717) is 6.04 Å². The van der Waals surface area contributed by atoms with E-state index in [-0.39, 0.29) is 17.1 Å². The highest BCUT2D eigenvalue weighted by molar-refractivity contribution is 6.34. The van der Waals surface area contributed by atoms with Crippen molar-refractivity contribution in [2.75, 3.05) is 0 Å². The molecule has 1 heterocycles. The summed E-state index contributed by atoms with van der Waals surface area (Å²) in [6, 6.07) is 0.613. The summed E-state index contributed by atoms with van der Waals surface area (Å²) in [4.78, 5) is 25.9. The number of piperidine rings is 1. The van der Waals surface area contributed by atoms with Gasteiger partial charge in [-0.1, -0.05) is 19.3 Å². The van der Waals surface area contributed by atoms with Crippen molar-refractivity contribution < 1.29 is 9.59 Å². The van der Waals surface area contributed by atoms with Crippen LogP contribution in [-0.2, 0) is 9.59 Å². The standard InChI is InChI=1S/C17H32N4O2/c1-16(2)10-12(19-14(22)15(23)20-18)11-17(3,4)21(16)13-8-6-5-7-9-13/h12-13H,5-11,18H2,1-4H3,(H,19,22)(H,20,23). The van der Waals surface area contributed by atoms with Crippen LogP contribution in [0.4, 0.5) is 0 Å².